The molecule has 0 radical (unpaired) electrons. The molecule has 0 fully saturated rings. The highest BCUT2D eigenvalue weighted by molar-refractivity contribution is 5.43. The maximum atomic E-state index is 5.96. The summed E-state index contributed by atoms with van der Waals surface area (Å²) in [4.78, 5) is 4.22. The van der Waals surface area contributed by atoms with Crippen LogP contribution in [0.2, 0.25) is 0 Å². The molecule has 0 bridgehead atoms. The second-order valence-electron chi connectivity index (χ2n) is 4.57. The molecule has 0 spiro atoms. The van der Waals surface area contributed by atoms with Crippen molar-refractivity contribution >= 4 is 5.82 Å². The molecular weight excluding hydrogens is 226 g/mol. The van der Waals surface area contributed by atoms with Crippen LogP contribution >= 0.6 is 0 Å². The van der Waals surface area contributed by atoms with Gasteiger partial charge in [-0.3, -0.25) is 0 Å². The third-order valence-corrected chi connectivity index (χ3v) is 2.74. The Morgan fingerprint density at radius 2 is 2.17 bits per heavy atom. The number of aryl methyl sites for hydroxylation is 1. The van der Waals surface area contributed by atoms with Gasteiger partial charge in [0.1, 0.15) is 5.82 Å². The molecule has 0 aliphatic rings. The number of aromatic nitrogens is 1. The quantitative estimate of drug-likeness (QED) is 0.697. The van der Waals surface area contributed by atoms with Gasteiger partial charge in [0.05, 0.1) is 12.6 Å². The molecule has 1 unspecified atom stereocenters. The molecule has 102 valence electrons. The Kier molecular flexibility index (Phi) is 6.68. The van der Waals surface area contributed by atoms with Crippen molar-refractivity contribution in [1.29, 1.82) is 0 Å². The highest BCUT2D eigenvalue weighted by Gasteiger charge is 2.14. The first-order valence-electron chi connectivity index (χ1n) is 6.72. The summed E-state index contributed by atoms with van der Waals surface area (Å²) in [5.41, 5.74) is 8.12. The van der Waals surface area contributed by atoms with Crippen molar-refractivity contribution in [3.63, 3.8) is 0 Å². The monoisotopic (exact) mass is 251 g/mol. The normalized spacial score (nSPS) is 12.6. The number of nitrogens with one attached hydrogen (secondary N) is 1. The van der Waals surface area contributed by atoms with Gasteiger partial charge >= 0.3 is 0 Å². The second kappa shape index (κ2) is 8.06. The summed E-state index contributed by atoms with van der Waals surface area (Å²) < 4.78 is 5.65. The summed E-state index contributed by atoms with van der Waals surface area (Å²) in [6.07, 6.45) is 3.91. The van der Waals surface area contributed by atoms with Gasteiger partial charge in [-0.2, -0.15) is 0 Å². The molecule has 0 aromatic carbocycles. The van der Waals surface area contributed by atoms with Crippen LogP contribution < -0.4 is 11.1 Å². The van der Waals surface area contributed by atoms with Crippen LogP contribution in [0.3, 0.4) is 0 Å². The molecule has 0 saturated heterocycles. The van der Waals surface area contributed by atoms with Gasteiger partial charge < -0.3 is 15.8 Å². The minimum absolute atomic E-state index is 0.129. The van der Waals surface area contributed by atoms with Crippen LogP contribution in [0.25, 0.3) is 0 Å². The molecule has 4 nitrogen and oxygen atoms in total. The van der Waals surface area contributed by atoms with Crippen LogP contribution in [0.1, 0.15) is 43.9 Å². The SMILES string of the molecule is CCCNC(COCCC)c1cc(C)cnc1N. The van der Waals surface area contributed by atoms with Gasteiger partial charge in [0.2, 0.25) is 0 Å². The Balaban J connectivity index is 2.75. The predicted octanol–water partition coefficient (Wildman–Crippen LogP) is 2.44. The van der Waals surface area contributed by atoms with E-state index in [2.05, 4.69) is 30.2 Å². The molecular formula is C14H25N3O. The van der Waals surface area contributed by atoms with E-state index in [9.17, 15) is 0 Å². The molecule has 1 aromatic heterocycles. The summed E-state index contributed by atoms with van der Waals surface area (Å²) >= 11 is 0. The smallest absolute Gasteiger partial charge is 0.128 e. The van der Waals surface area contributed by atoms with Gasteiger partial charge in [-0.05, 0) is 37.9 Å². The van der Waals surface area contributed by atoms with Crippen molar-refractivity contribution in [3.8, 4) is 0 Å². The Morgan fingerprint density at radius 3 is 2.83 bits per heavy atom. The van der Waals surface area contributed by atoms with Gasteiger partial charge in [0.25, 0.3) is 0 Å². The van der Waals surface area contributed by atoms with Crippen LogP contribution in [-0.4, -0.2) is 24.7 Å². The second-order valence-corrected chi connectivity index (χ2v) is 4.57. The minimum Gasteiger partial charge on any atom is -0.383 e. The summed E-state index contributed by atoms with van der Waals surface area (Å²) in [5, 5.41) is 3.47. The maximum Gasteiger partial charge on any atom is 0.128 e. The summed E-state index contributed by atoms with van der Waals surface area (Å²) in [6.45, 7) is 8.66. The number of anilines is 1. The topological polar surface area (TPSA) is 60.2 Å². The molecule has 0 aliphatic heterocycles. The largest absolute Gasteiger partial charge is 0.383 e. The molecule has 0 amide bonds. The molecule has 1 rings (SSSR count). The van der Waals surface area contributed by atoms with Gasteiger partial charge in [-0.15, -0.1) is 0 Å². The van der Waals surface area contributed by atoms with Crippen LogP contribution in [0.15, 0.2) is 12.3 Å². The van der Waals surface area contributed by atoms with E-state index in [0.717, 1.165) is 37.1 Å². The third kappa shape index (κ3) is 4.63. The lowest BCUT2D eigenvalue weighted by Gasteiger charge is -2.20. The summed E-state index contributed by atoms with van der Waals surface area (Å²) in [7, 11) is 0. The van der Waals surface area contributed by atoms with Gasteiger partial charge in [-0.25, -0.2) is 4.98 Å². The Labute approximate surface area is 110 Å². The highest BCUT2D eigenvalue weighted by Crippen LogP contribution is 2.20. The Bertz CT molecular complexity index is 355. The lowest BCUT2D eigenvalue weighted by Crippen LogP contribution is -2.27. The number of hydrogen-bond acceptors (Lipinski definition) is 4. The molecule has 0 aliphatic carbocycles. The Hall–Kier alpha value is -1.13. The van der Waals surface area contributed by atoms with Crippen molar-refractivity contribution < 1.29 is 4.74 Å². The highest BCUT2D eigenvalue weighted by atomic mass is 16.5. The maximum absolute atomic E-state index is 5.96. The van der Waals surface area contributed by atoms with Crippen LogP contribution in [0.5, 0.6) is 0 Å². The van der Waals surface area contributed by atoms with E-state index in [1.807, 2.05) is 6.92 Å². The number of nitrogen functional groups attached to an aromatic ring is 1. The molecule has 18 heavy (non-hydrogen) atoms. The van der Waals surface area contributed by atoms with E-state index < -0.39 is 0 Å². The average molecular weight is 251 g/mol. The van der Waals surface area contributed by atoms with E-state index in [4.69, 9.17) is 10.5 Å². The average Bonchev–Trinajstić information content (AvgIpc) is 2.37. The number of ether oxygens (including phenoxy) is 1. The fraction of sp³-hybridized carbons (Fsp3) is 0.643. The van der Waals surface area contributed by atoms with Crippen molar-refractivity contribution in [2.75, 3.05) is 25.5 Å². The van der Waals surface area contributed by atoms with Crippen molar-refractivity contribution in [1.82, 2.24) is 10.3 Å². The number of hydrogen-bond donors (Lipinski definition) is 2. The van der Waals surface area contributed by atoms with E-state index in [1.165, 1.54) is 0 Å². The van der Waals surface area contributed by atoms with Gasteiger partial charge in [0.15, 0.2) is 0 Å². The van der Waals surface area contributed by atoms with Crippen LogP contribution in [0, 0.1) is 6.92 Å². The third-order valence-electron chi connectivity index (χ3n) is 2.74. The summed E-state index contributed by atoms with van der Waals surface area (Å²) in [5.74, 6) is 0.592. The zero-order valence-electron chi connectivity index (χ0n) is 11.7. The number of pyridine rings is 1. The van der Waals surface area contributed by atoms with E-state index in [1.54, 1.807) is 6.20 Å². The van der Waals surface area contributed by atoms with Crippen LogP contribution in [0.4, 0.5) is 5.82 Å². The Morgan fingerprint density at radius 1 is 1.39 bits per heavy atom. The van der Waals surface area contributed by atoms with Crippen molar-refractivity contribution in [2.24, 2.45) is 0 Å². The molecule has 3 N–H and O–H groups in total. The fourth-order valence-electron chi connectivity index (χ4n) is 1.80. The lowest BCUT2D eigenvalue weighted by molar-refractivity contribution is 0.112. The van der Waals surface area contributed by atoms with Gasteiger partial charge in [-0.1, -0.05) is 13.8 Å². The standard InChI is InChI=1S/C14H25N3O/c1-4-6-16-13(10-18-7-5-2)12-8-11(3)9-17-14(12)15/h8-9,13,16H,4-7,10H2,1-3H3,(H2,15,17). The first kappa shape index (κ1) is 14.9. The number of rotatable bonds is 8. The van der Waals surface area contributed by atoms with Gasteiger partial charge in [0, 0.05) is 18.4 Å². The van der Waals surface area contributed by atoms with E-state index in [-0.39, 0.29) is 6.04 Å². The fourth-order valence-corrected chi connectivity index (χ4v) is 1.80. The van der Waals surface area contributed by atoms with Crippen LogP contribution in [-0.2, 0) is 4.74 Å². The molecule has 4 heteroatoms. The minimum atomic E-state index is 0.129. The van der Waals surface area contributed by atoms with Crippen molar-refractivity contribution in [2.45, 2.75) is 39.7 Å². The zero-order chi connectivity index (χ0) is 13.4. The lowest BCUT2D eigenvalue weighted by atomic mass is 10.1. The predicted molar refractivity (Wildman–Crippen MR) is 75.5 cm³/mol. The first-order valence-corrected chi connectivity index (χ1v) is 6.72. The molecule has 0 saturated carbocycles. The zero-order valence-corrected chi connectivity index (χ0v) is 11.7. The van der Waals surface area contributed by atoms with Crippen molar-refractivity contribution in [3.05, 3.63) is 23.4 Å². The van der Waals surface area contributed by atoms with E-state index >= 15 is 0 Å². The van der Waals surface area contributed by atoms with E-state index in [0.29, 0.717) is 12.4 Å². The molecule has 1 heterocycles. The molecule has 1 atom stereocenters. The summed E-state index contributed by atoms with van der Waals surface area (Å²) in [6, 6.07) is 2.22. The first-order chi connectivity index (χ1) is 8.69. The molecule has 1 aromatic rings. The number of nitrogens with zero attached hydrogens (tertiary/aromatic N) is 1. The number of nitrogens with two attached hydrogens (primary N) is 1.